The topological polar surface area (TPSA) is 69.1 Å². The Morgan fingerprint density at radius 1 is 1.14 bits per heavy atom. The van der Waals surface area contributed by atoms with Gasteiger partial charge in [0.05, 0.1) is 0 Å². The van der Waals surface area contributed by atoms with E-state index in [1.54, 1.807) is 18.2 Å². The van der Waals surface area contributed by atoms with Crippen LogP contribution in [0.15, 0.2) is 27.8 Å². The smallest absolute Gasteiger partial charge is 0.287 e. The van der Waals surface area contributed by atoms with Crippen LogP contribution in [-0.4, -0.2) is 14.9 Å². The summed E-state index contributed by atoms with van der Waals surface area (Å²) in [6, 6.07) is 5.27. The zero-order valence-corrected chi connectivity index (χ0v) is 13.5. The molecule has 1 atom stereocenters. The third kappa shape index (κ3) is 4.84. The van der Waals surface area contributed by atoms with Gasteiger partial charge in [-0.25, -0.2) is 9.19 Å². The molecule has 21 heavy (non-hydrogen) atoms. The monoisotopic (exact) mass is 308 g/mol. The summed E-state index contributed by atoms with van der Waals surface area (Å²) in [7, 11) is -1.15. The molecule has 2 N–H and O–H groups in total. The molecule has 0 spiro atoms. The maximum absolute atomic E-state index is 12.2. The zero-order chi connectivity index (χ0) is 15.1. The number of benzene rings is 1. The molecule has 1 unspecified atom stereocenters. The van der Waals surface area contributed by atoms with Gasteiger partial charge in [-0.3, -0.25) is 0 Å². The summed E-state index contributed by atoms with van der Waals surface area (Å²) in [6.45, 7) is 2.22. The molecule has 4 nitrogen and oxygen atoms in total. The summed E-state index contributed by atoms with van der Waals surface area (Å²) >= 11 is 0. The molecule has 0 aliphatic carbocycles. The molecule has 1 aromatic heterocycles. The standard InChI is InChI=1S/C16H24N2O2S/c1-2-3-4-5-6-7-8-11-21(19)16-18-14-12-13(17)9-10-15(14)20-16/h9-10,12H,2-8,11,17H2,1H3. The van der Waals surface area contributed by atoms with Gasteiger partial charge in [0, 0.05) is 11.4 Å². The number of nitrogens with zero attached hydrogens (tertiary/aromatic N) is 1. The Bertz CT molecular complexity index is 595. The van der Waals surface area contributed by atoms with Gasteiger partial charge in [-0.15, -0.1) is 0 Å². The van der Waals surface area contributed by atoms with E-state index in [4.69, 9.17) is 10.2 Å². The van der Waals surface area contributed by atoms with Gasteiger partial charge in [-0.1, -0.05) is 45.4 Å². The minimum Gasteiger partial charge on any atom is -0.430 e. The van der Waals surface area contributed by atoms with E-state index in [0.717, 1.165) is 12.8 Å². The minimum absolute atomic E-state index is 0.321. The van der Waals surface area contributed by atoms with Crippen molar-refractivity contribution in [3.8, 4) is 0 Å². The lowest BCUT2D eigenvalue weighted by Gasteiger charge is -2.00. The van der Waals surface area contributed by atoms with Crippen molar-refractivity contribution in [1.82, 2.24) is 4.98 Å². The number of rotatable bonds is 9. The van der Waals surface area contributed by atoms with E-state index in [1.165, 1.54) is 32.1 Å². The number of hydrogen-bond donors (Lipinski definition) is 1. The third-order valence-electron chi connectivity index (χ3n) is 3.52. The van der Waals surface area contributed by atoms with Crippen LogP contribution in [0.25, 0.3) is 11.1 Å². The van der Waals surface area contributed by atoms with E-state index in [0.29, 0.717) is 27.8 Å². The van der Waals surface area contributed by atoms with E-state index in [-0.39, 0.29) is 0 Å². The van der Waals surface area contributed by atoms with Crippen LogP contribution in [0.5, 0.6) is 0 Å². The Morgan fingerprint density at radius 2 is 1.86 bits per heavy atom. The van der Waals surface area contributed by atoms with Crippen LogP contribution in [0.1, 0.15) is 51.9 Å². The summed E-state index contributed by atoms with van der Waals surface area (Å²) in [6.07, 6.45) is 8.49. The van der Waals surface area contributed by atoms with Crippen molar-refractivity contribution in [2.75, 3.05) is 11.5 Å². The summed E-state index contributed by atoms with van der Waals surface area (Å²) in [5, 5.41) is 0.321. The van der Waals surface area contributed by atoms with Gasteiger partial charge in [0.25, 0.3) is 5.22 Å². The van der Waals surface area contributed by atoms with Crippen molar-refractivity contribution in [3.63, 3.8) is 0 Å². The second-order valence-electron chi connectivity index (χ2n) is 5.38. The molecule has 2 aromatic rings. The summed E-state index contributed by atoms with van der Waals surface area (Å²) in [5.41, 5.74) is 7.66. The number of anilines is 1. The number of fused-ring (bicyclic) bond motifs is 1. The normalized spacial score (nSPS) is 12.8. The first-order valence-electron chi connectivity index (χ1n) is 7.75. The van der Waals surface area contributed by atoms with Gasteiger partial charge in [0.1, 0.15) is 16.3 Å². The van der Waals surface area contributed by atoms with Gasteiger partial charge >= 0.3 is 0 Å². The summed E-state index contributed by atoms with van der Waals surface area (Å²) in [5.74, 6) is 0.621. The Balaban J connectivity index is 1.77. The number of nitrogens with two attached hydrogens (primary N) is 1. The molecule has 116 valence electrons. The van der Waals surface area contributed by atoms with Crippen molar-refractivity contribution in [2.24, 2.45) is 0 Å². The fraction of sp³-hybridized carbons (Fsp3) is 0.562. The highest BCUT2D eigenvalue weighted by molar-refractivity contribution is 7.84. The highest BCUT2D eigenvalue weighted by atomic mass is 32.2. The van der Waals surface area contributed by atoms with Crippen LogP contribution >= 0.6 is 0 Å². The summed E-state index contributed by atoms with van der Waals surface area (Å²) in [4.78, 5) is 4.27. The van der Waals surface area contributed by atoms with E-state index in [9.17, 15) is 4.21 Å². The molecule has 0 fully saturated rings. The number of aromatic nitrogens is 1. The molecule has 0 aliphatic heterocycles. The largest absolute Gasteiger partial charge is 0.430 e. The van der Waals surface area contributed by atoms with Crippen LogP contribution < -0.4 is 5.73 Å². The lowest BCUT2D eigenvalue weighted by Crippen LogP contribution is -1.98. The van der Waals surface area contributed by atoms with Crippen LogP contribution in [0.2, 0.25) is 0 Å². The molecule has 0 radical (unpaired) electrons. The van der Waals surface area contributed by atoms with Crippen molar-refractivity contribution >= 4 is 27.6 Å². The lowest BCUT2D eigenvalue weighted by atomic mass is 10.1. The molecule has 1 aromatic carbocycles. The number of unbranched alkanes of at least 4 members (excludes halogenated alkanes) is 6. The van der Waals surface area contributed by atoms with Crippen LogP contribution in [0, 0.1) is 0 Å². The quantitative estimate of drug-likeness (QED) is 0.555. The highest BCUT2D eigenvalue weighted by Crippen LogP contribution is 2.20. The predicted molar refractivity (Wildman–Crippen MR) is 87.7 cm³/mol. The molecular weight excluding hydrogens is 284 g/mol. The van der Waals surface area contributed by atoms with Crippen molar-refractivity contribution < 1.29 is 8.63 Å². The molecule has 2 rings (SSSR count). The predicted octanol–water partition coefficient (Wildman–Crippen LogP) is 4.27. The second kappa shape index (κ2) is 8.17. The Kier molecular flexibility index (Phi) is 6.23. The molecule has 0 aliphatic rings. The summed E-state index contributed by atoms with van der Waals surface area (Å²) < 4.78 is 17.7. The second-order valence-corrected chi connectivity index (χ2v) is 6.83. The van der Waals surface area contributed by atoms with Gasteiger partial charge in [0.15, 0.2) is 5.58 Å². The number of nitrogen functional groups attached to an aromatic ring is 1. The van der Waals surface area contributed by atoms with Crippen LogP contribution in [0.3, 0.4) is 0 Å². The molecule has 0 bridgehead atoms. The van der Waals surface area contributed by atoms with E-state index in [2.05, 4.69) is 11.9 Å². The fourth-order valence-corrected chi connectivity index (χ4v) is 3.32. The van der Waals surface area contributed by atoms with Gasteiger partial charge in [0.2, 0.25) is 0 Å². The lowest BCUT2D eigenvalue weighted by molar-refractivity contribution is 0.477. The fourth-order valence-electron chi connectivity index (χ4n) is 2.30. The van der Waals surface area contributed by atoms with E-state index < -0.39 is 10.8 Å². The maximum Gasteiger partial charge on any atom is 0.287 e. The molecule has 0 saturated heterocycles. The van der Waals surface area contributed by atoms with Gasteiger partial charge in [-0.05, 0) is 24.6 Å². The first kappa shape index (κ1) is 16.0. The van der Waals surface area contributed by atoms with Gasteiger partial charge < -0.3 is 10.2 Å². The average Bonchev–Trinajstić information content (AvgIpc) is 2.89. The van der Waals surface area contributed by atoms with Crippen LogP contribution in [-0.2, 0) is 10.8 Å². The Hall–Kier alpha value is -1.36. The first-order chi connectivity index (χ1) is 10.2. The van der Waals surface area contributed by atoms with Crippen molar-refractivity contribution in [3.05, 3.63) is 18.2 Å². The van der Waals surface area contributed by atoms with Crippen molar-refractivity contribution in [1.29, 1.82) is 0 Å². The van der Waals surface area contributed by atoms with E-state index in [1.807, 2.05) is 0 Å². The van der Waals surface area contributed by atoms with E-state index >= 15 is 0 Å². The Labute approximate surface area is 128 Å². The maximum atomic E-state index is 12.2. The molecule has 5 heteroatoms. The molecular formula is C16H24N2O2S. The van der Waals surface area contributed by atoms with Gasteiger partial charge in [-0.2, -0.15) is 0 Å². The molecule has 1 heterocycles. The number of oxazole rings is 1. The van der Waals surface area contributed by atoms with Crippen molar-refractivity contribution in [2.45, 2.75) is 57.1 Å². The third-order valence-corrected chi connectivity index (χ3v) is 4.74. The van der Waals surface area contributed by atoms with Crippen LogP contribution in [0.4, 0.5) is 5.69 Å². The first-order valence-corrected chi connectivity index (χ1v) is 9.07. The molecule has 0 saturated carbocycles. The zero-order valence-electron chi connectivity index (χ0n) is 12.6. The SMILES string of the molecule is CCCCCCCCCS(=O)c1nc2cc(N)ccc2o1. The minimum atomic E-state index is -1.15. The molecule has 0 amide bonds. The Morgan fingerprint density at radius 3 is 2.62 bits per heavy atom. The average molecular weight is 308 g/mol. The highest BCUT2D eigenvalue weighted by Gasteiger charge is 2.12. The number of hydrogen-bond acceptors (Lipinski definition) is 4.